The summed E-state index contributed by atoms with van der Waals surface area (Å²) in [5.41, 5.74) is 4.14. The van der Waals surface area contributed by atoms with Crippen molar-refractivity contribution in [3.8, 4) is 0 Å². The predicted molar refractivity (Wildman–Crippen MR) is 93.0 cm³/mol. The number of aryl methyl sites for hydroxylation is 1. The lowest BCUT2D eigenvalue weighted by atomic mass is 9.87. The number of carbonyl (C=O) groups excluding carboxylic acids is 2. The number of hydrogen-bond acceptors (Lipinski definition) is 3. The third-order valence-corrected chi connectivity index (χ3v) is 4.45. The van der Waals surface area contributed by atoms with Gasteiger partial charge in [0.25, 0.3) is 5.91 Å². The molecule has 3 rings (SSSR count). The van der Waals surface area contributed by atoms with Crippen LogP contribution in [0.4, 0.5) is 0 Å². The summed E-state index contributed by atoms with van der Waals surface area (Å²) in [6, 6.07) is 5.58. The molecule has 0 spiro atoms. The van der Waals surface area contributed by atoms with Crippen molar-refractivity contribution in [2.45, 2.75) is 46.1 Å². The highest BCUT2D eigenvalue weighted by atomic mass is 16.5. The highest BCUT2D eigenvalue weighted by Crippen LogP contribution is 2.32. The molecule has 0 saturated heterocycles. The average molecular weight is 328 g/mol. The molecular weight excluding hydrogens is 304 g/mol. The lowest BCUT2D eigenvalue weighted by Gasteiger charge is -2.18. The van der Waals surface area contributed by atoms with E-state index in [1.165, 1.54) is 17.7 Å². The van der Waals surface area contributed by atoms with Gasteiger partial charge in [-0.15, -0.1) is 0 Å². The molecule has 1 aliphatic rings. The Balaban J connectivity index is 1.76. The van der Waals surface area contributed by atoms with Gasteiger partial charge in [0.05, 0.1) is 5.56 Å². The maximum Gasteiger partial charge on any atom is 0.338 e. The molecule has 128 valence electrons. The van der Waals surface area contributed by atoms with Gasteiger partial charge in [-0.2, -0.15) is 0 Å². The number of fused-ring (bicyclic) bond motifs is 3. The van der Waals surface area contributed by atoms with Crippen LogP contribution in [0.1, 0.15) is 48.8 Å². The van der Waals surface area contributed by atoms with E-state index in [1.807, 2.05) is 26.0 Å². The van der Waals surface area contributed by atoms with E-state index in [9.17, 15) is 9.59 Å². The fourth-order valence-electron chi connectivity index (χ4n) is 3.30. The zero-order valence-electron chi connectivity index (χ0n) is 14.4. The van der Waals surface area contributed by atoms with E-state index in [0.717, 1.165) is 23.7 Å². The molecule has 1 aromatic heterocycles. The first-order valence-corrected chi connectivity index (χ1v) is 8.54. The lowest BCUT2D eigenvalue weighted by molar-refractivity contribution is -0.124. The SMILES string of the molecule is CC1CCc2[nH]c3ccc(C(=O)OCC(=O)NC(C)C)cc3c2C1. The number of esters is 1. The summed E-state index contributed by atoms with van der Waals surface area (Å²) in [5.74, 6) is -0.0891. The first kappa shape index (κ1) is 16.6. The molecule has 5 nitrogen and oxygen atoms in total. The van der Waals surface area contributed by atoms with Gasteiger partial charge >= 0.3 is 5.97 Å². The molecule has 0 saturated carbocycles. The summed E-state index contributed by atoms with van der Waals surface area (Å²) in [7, 11) is 0. The highest BCUT2D eigenvalue weighted by molar-refractivity contribution is 5.97. The fraction of sp³-hybridized carbons (Fsp3) is 0.474. The normalized spacial score (nSPS) is 16.9. The Morgan fingerprint density at radius 2 is 2.17 bits per heavy atom. The predicted octanol–water partition coefficient (Wildman–Crippen LogP) is 2.97. The minimum absolute atomic E-state index is 0.0286. The molecule has 2 aromatic rings. The van der Waals surface area contributed by atoms with Crippen LogP contribution < -0.4 is 5.32 Å². The minimum Gasteiger partial charge on any atom is -0.452 e. The van der Waals surface area contributed by atoms with E-state index in [1.54, 1.807) is 6.07 Å². The molecule has 1 aromatic carbocycles. The van der Waals surface area contributed by atoms with Gasteiger partial charge in [0.1, 0.15) is 0 Å². The van der Waals surface area contributed by atoms with Crippen LogP contribution in [0.2, 0.25) is 0 Å². The third kappa shape index (κ3) is 3.45. The molecule has 1 amide bonds. The standard InChI is InChI=1S/C19H24N2O3/c1-11(2)20-18(22)10-24-19(23)13-5-7-17-15(9-13)14-8-12(3)4-6-16(14)21-17/h5,7,9,11-12,21H,4,6,8,10H2,1-3H3,(H,20,22). The molecule has 24 heavy (non-hydrogen) atoms. The maximum atomic E-state index is 12.2. The van der Waals surface area contributed by atoms with E-state index in [2.05, 4.69) is 17.2 Å². The van der Waals surface area contributed by atoms with Gasteiger partial charge in [0, 0.05) is 22.6 Å². The number of ether oxygens (including phenoxy) is 1. The number of H-pyrrole nitrogens is 1. The quantitative estimate of drug-likeness (QED) is 0.848. The van der Waals surface area contributed by atoms with Crippen LogP contribution in [0.3, 0.4) is 0 Å². The Kier molecular flexibility index (Phi) is 4.60. The number of carbonyl (C=O) groups is 2. The maximum absolute atomic E-state index is 12.2. The Bertz CT molecular complexity index is 776. The molecular formula is C19H24N2O3. The van der Waals surface area contributed by atoms with E-state index < -0.39 is 5.97 Å². The summed E-state index contributed by atoms with van der Waals surface area (Å²) in [6.07, 6.45) is 3.28. The van der Waals surface area contributed by atoms with Crippen molar-refractivity contribution < 1.29 is 14.3 Å². The molecule has 5 heteroatoms. The molecule has 1 aliphatic carbocycles. The molecule has 0 aliphatic heterocycles. The van der Waals surface area contributed by atoms with Gasteiger partial charge in [0.15, 0.2) is 6.61 Å². The molecule has 1 unspecified atom stereocenters. The average Bonchev–Trinajstić information content (AvgIpc) is 2.89. The highest BCUT2D eigenvalue weighted by Gasteiger charge is 2.21. The van der Waals surface area contributed by atoms with Gasteiger partial charge in [-0.3, -0.25) is 4.79 Å². The van der Waals surface area contributed by atoms with E-state index in [0.29, 0.717) is 11.5 Å². The van der Waals surface area contributed by atoms with Crippen molar-refractivity contribution in [3.05, 3.63) is 35.0 Å². The molecule has 1 atom stereocenters. The summed E-state index contributed by atoms with van der Waals surface area (Å²) < 4.78 is 5.12. The monoisotopic (exact) mass is 328 g/mol. The summed E-state index contributed by atoms with van der Waals surface area (Å²) in [6.45, 7) is 5.73. The van der Waals surface area contributed by atoms with E-state index in [-0.39, 0.29) is 18.6 Å². The number of benzene rings is 1. The van der Waals surface area contributed by atoms with Crippen LogP contribution in [-0.2, 0) is 22.4 Å². The number of amides is 1. The Hall–Kier alpha value is -2.30. The van der Waals surface area contributed by atoms with Crippen molar-refractivity contribution >= 4 is 22.8 Å². The topological polar surface area (TPSA) is 71.2 Å². The molecule has 1 heterocycles. The van der Waals surface area contributed by atoms with E-state index in [4.69, 9.17) is 4.74 Å². The Morgan fingerprint density at radius 1 is 1.38 bits per heavy atom. The zero-order chi connectivity index (χ0) is 17.3. The smallest absolute Gasteiger partial charge is 0.338 e. The number of rotatable bonds is 4. The van der Waals surface area contributed by atoms with Crippen molar-refractivity contribution in [1.82, 2.24) is 10.3 Å². The molecule has 0 fully saturated rings. The first-order chi connectivity index (χ1) is 11.4. The van der Waals surface area contributed by atoms with Crippen LogP contribution in [0.5, 0.6) is 0 Å². The van der Waals surface area contributed by atoms with Crippen molar-refractivity contribution in [3.63, 3.8) is 0 Å². The molecule has 2 N–H and O–H groups in total. The number of aromatic nitrogens is 1. The summed E-state index contributed by atoms with van der Waals surface area (Å²) in [5, 5.41) is 3.79. The van der Waals surface area contributed by atoms with Crippen LogP contribution in [0.15, 0.2) is 18.2 Å². The lowest BCUT2D eigenvalue weighted by Crippen LogP contribution is -2.33. The second kappa shape index (κ2) is 6.67. The van der Waals surface area contributed by atoms with E-state index >= 15 is 0 Å². The van der Waals surface area contributed by atoms with Crippen molar-refractivity contribution in [1.29, 1.82) is 0 Å². The first-order valence-electron chi connectivity index (χ1n) is 8.54. The van der Waals surface area contributed by atoms with Crippen LogP contribution in [0, 0.1) is 5.92 Å². The summed E-state index contributed by atoms with van der Waals surface area (Å²) >= 11 is 0. The van der Waals surface area contributed by atoms with Gasteiger partial charge in [0.2, 0.25) is 0 Å². The Labute approximate surface area is 141 Å². The molecule has 0 bridgehead atoms. The van der Waals surface area contributed by atoms with Crippen molar-refractivity contribution in [2.75, 3.05) is 6.61 Å². The number of nitrogens with one attached hydrogen (secondary N) is 2. The van der Waals surface area contributed by atoms with Gasteiger partial charge in [-0.1, -0.05) is 6.92 Å². The zero-order valence-corrected chi connectivity index (χ0v) is 14.4. The van der Waals surface area contributed by atoms with Crippen LogP contribution in [0.25, 0.3) is 10.9 Å². The third-order valence-electron chi connectivity index (χ3n) is 4.45. The second-order valence-corrected chi connectivity index (χ2v) is 6.99. The van der Waals surface area contributed by atoms with Crippen LogP contribution >= 0.6 is 0 Å². The Morgan fingerprint density at radius 3 is 2.92 bits per heavy atom. The van der Waals surface area contributed by atoms with Gasteiger partial charge < -0.3 is 15.0 Å². The minimum atomic E-state index is -0.463. The van der Waals surface area contributed by atoms with Crippen molar-refractivity contribution in [2.24, 2.45) is 5.92 Å². The molecule has 0 radical (unpaired) electrons. The fourth-order valence-corrected chi connectivity index (χ4v) is 3.30. The largest absolute Gasteiger partial charge is 0.452 e. The summed E-state index contributed by atoms with van der Waals surface area (Å²) in [4.78, 5) is 27.3. The second-order valence-electron chi connectivity index (χ2n) is 6.99. The number of hydrogen-bond donors (Lipinski definition) is 2. The number of aromatic amines is 1. The van der Waals surface area contributed by atoms with Gasteiger partial charge in [-0.05, 0) is 62.8 Å². The van der Waals surface area contributed by atoms with Gasteiger partial charge in [-0.25, -0.2) is 4.79 Å². The van der Waals surface area contributed by atoms with Crippen LogP contribution in [-0.4, -0.2) is 29.5 Å².